The topological polar surface area (TPSA) is 89.4 Å². The average Bonchev–Trinajstić information content (AvgIpc) is 3.58. The summed E-state index contributed by atoms with van der Waals surface area (Å²) in [7, 11) is 0. The van der Waals surface area contributed by atoms with Crippen LogP contribution in [0.2, 0.25) is 5.02 Å². The first-order valence-electron chi connectivity index (χ1n) is 10.7. The zero-order chi connectivity index (χ0) is 23.7. The van der Waals surface area contributed by atoms with E-state index >= 15 is 0 Å². The first kappa shape index (κ1) is 22.4. The Balaban J connectivity index is 1.37. The molecule has 10 heteroatoms. The molecular weight excluding hydrogens is 472 g/mol. The van der Waals surface area contributed by atoms with E-state index in [-0.39, 0.29) is 17.7 Å². The number of halogens is 1. The number of nitrogens with zero attached hydrogens (tertiary/aromatic N) is 6. The molecule has 1 aliphatic rings. The minimum atomic E-state index is -0.316. The van der Waals surface area contributed by atoms with Crippen molar-refractivity contribution in [1.82, 2.24) is 25.2 Å². The van der Waals surface area contributed by atoms with Crippen LogP contribution in [0.15, 0.2) is 75.5 Å². The van der Waals surface area contributed by atoms with Gasteiger partial charge in [0.1, 0.15) is 11.8 Å². The van der Waals surface area contributed by atoms with Crippen molar-refractivity contribution in [2.75, 3.05) is 5.75 Å². The summed E-state index contributed by atoms with van der Waals surface area (Å²) in [5, 5.41) is 19.4. The molecule has 0 radical (unpaired) electrons. The molecule has 0 saturated heterocycles. The van der Waals surface area contributed by atoms with Crippen LogP contribution in [0.4, 0.5) is 0 Å². The van der Waals surface area contributed by atoms with Crippen molar-refractivity contribution < 1.29 is 9.21 Å². The predicted molar refractivity (Wildman–Crippen MR) is 130 cm³/mol. The molecule has 0 bridgehead atoms. The Hall–Kier alpha value is -3.43. The van der Waals surface area contributed by atoms with Crippen LogP contribution in [0.3, 0.4) is 0 Å². The third-order valence-electron chi connectivity index (χ3n) is 5.56. The molecule has 5 rings (SSSR count). The van der Waals surface area contributed by atoms with Crippen LogP contribution >= 0.6 is 23.4 Å². The lowest BCUT2D eigenvalue weighted by atomic mass is 10.0. The molecule has 1 amide bonds. The molecule has 4 aromatic rings. The standard InChI is InChI=1S/C24H21ClN6O2S/c1-15-5-10-20(16(2)12-15)31-24(26-28-29-31)34-14-23(32)30-21(22-4-3-11-33-22)13-19(27-30)17-6-8-18(25)9-7-17/h3-12,21H,13-14H2,1-2H3/t21-/m1/s1. The SMILES string of the molecule is Cc1ccc(-n2nnnc2SCC(=O)N2N=C(c3ccc(Cl)cc3)C[C@@H]2c2ccco2)c(C)c1. The number of thioether (sulfide) groups is 1. The lowest BCUT2D eigenvalue weighted by Crippen LogP contribution is -2.28. The number of hydrogen-bond donors (Lipinski definition) is 0. The Bertz CT molecular complexity index is 1350. The van der Waals surface area contributed by atoms with E-state index in [4.69, 9.17) is 16.0 Å². The van der Waals surface area contributed by atoms with Gasteiger partial charge in [-0.25, -0.2) is 5.01 Å². The van der Waals surface area contributed by atoms with Gasteiger partial charge in [-0.1, -0.05) is 53.2 Å². The minimum absolute atomic E-state index is 0.125. The number of furan rings is 1. The van der Waals surface area contributed by atoms with E-state index in [9.17, 15) is 4.79 Å². The summed E-state index contributed by atoms with van der Waals surface area (Å²) in [6, 6.07) is 16.8. The fourth-order valence-corrected chi connectivity index (χ4v) is 4.78. The van der Waals surface area contributed by atoms with Crippen LogP contribution in [0, 0.1) is 13.8 Å². The van der Waals surface area contributed by atoms with Gasteiger partial charge in [0.15, 0.2) is 0 Å². The quantitative estimate of drug-likeness (QED) is 0.352. The smallest absolute Gasteiger partial charge is 0.253 e. The van der Waals surface area contributed by atoms with E-state index in [2.05, 4.69) is 26.7 Å². The fourth-order valence-electron chi connectivity index (χ4n) is 3.92. The molecule has 8 nitrogen and oxygen atoms in total. The number of tetrazole rings is 1. The van der Waals surface area contributed by atoms with Gasteiger partial charge in [0.2, 0.25) is 5.16 Å². The maximum absolute atomic E-state index is 13.3. The molecule has 0 saturated carbocycles. The molecule has 0 aliphatic carbocycles. The van der Waals surface area contributed by atoms with E-state index in [1.165, 1.54) is 16.8 Å². The molecule has 3 heterocycles. The minimum Gasteiger partial charge on any atom is -0.467 e. The van der Waals surface area contributed by atoms with Crippen LogP contribution in [0.5, 0.6) is 0 Å². The summed E-state index contributed by atoms with van der Waals surface area (Å²) in [6.07, 6.45) is 2.15. The number of carbonyl (C=O) groups is 1. The molecule has 0 unspecified atom stereocenters. The highest BCUT2D eigenvalue weighted by atomic mass is 35.5. The monoisotopic (exact) mass is 492 g/mol. The first-order chi connectivity index (χ1) is 16.5. The number of hydrazone groups is 1. The van der Waals surface area contributed by atoms with Gasteiger partial charge in [0.25, 0.3) is 5.91 Å². The second-order valence-corrected chi connectivity index (χ2v) is 9.36. The molecule has 34 heavy (non-hydrogen) atoms. The zero-order valence-electron chi connectivity index (χ0n) is 18.6. The Morgan fingerprint density at radius 3 is 2.74 bits per heavy atom. The highest BCUT2D eigenvalue weighted by molar-refractivity contribution is 7.99. The van der Waals surface area contributed by atoms with Gasteiger partial charge >= 0.3 is 0 Å². The number of benzene rings is 2. The lowest BCUT2D eigenvalue weighted by Gasteiger charge is -2.19. The summed E-state index contributed by atoms with van der Waals surface area (Å²) in [5.74, 6) is 0.650. The molecule has 2 aromatic heterocycles. The van der Waals surface area contributed by atoms with Crippen molar-refractivity contribution in [3.63, 3.8) is 0 Å². The second-order valence-electron chi connectivity index (χ2n) is 7.98. The predicted octanol–water partition coefficient (Wildman–Crippen LogP) is 5.00. The van der Waals surface area contributed by atoms with Crippen molar-refractivity contribution in [1.29, 1.82) is 0 Å². The largest absolute Gasteiger partial charge is 0.467 e. The molecular formula is C24H21ClN6O2S. The number of rotatable bonds is 6. The molecule has 172 valence electrons. The molecule has 0 N–H and O–H groups in total. The third kappa shape index (κ3) is 4.49. The molecule has 1 aliphatic heterocycles. The normalized spacial score (nSPS) is 15.6. The van der Waals surface area contributed by atoms with E-state index in [0.29, 0.717) is 22.4 Å². The number of hydrogen-bond acceptors (Lipinski definition) is 7. The van der Waals surface area contributed by atoms with Crippen molar-refractivity contribution in [3.8, 4) is 5.69 Å². The molecule has 0 spiro atoms. The summed E-state index contributed by atoms with van der Waals surface area (Å²) < 4.78 is 7.28. The number of amides is 1. The Kier molecular flexibility index (Phi) is 6.21. The Morgan fingerprint density at radius 2 is 2.00 bits per heavy atom. The van der Waals surface area contributed by atoms with Crippen LogP contribution in [-0.2, 0) is 4.79 Å². The summed E-state index contributed by atoms with van der Waals surface area (Å²) in [4.78, 5) is 13.3. The highest BCUT2D eigenvalue weighted by Crippen LogP contribution is 2.34. The summed E-state index contributed by atoms with van der Waals surface area (Å²) >= 11 is 7.30. The first-order valence-corrected chi connectivity index (χ1v) is 12.0. The van der Waals surface area contributed by atoms with Crippen LogP contribution in [0.25, 0.3) is 5.69 Å². The van der Waals surface area contributed by atoms with Gasteiger partial charge in [-0.05, 0) is 65.7 Å². The second kappa shape index (κ2) is 9.44. The van der Waals surface area contributed by atoms with E-state index in [1.54, 1.807) is 10.9 Å². The number of aromatic nitrogens is 4. The van der Waals surface area contributed by atoms with E-state index in [0.717, 1.165) is 28.1 Å². The molecule has 1 atom stereocenters. The van der Waals surface area contributed by atoms with Gasteiger partial charge in [0.05, 0.1) is 23.4 Å². The maximum atomic E-state index is 13.3. The highest BCUT2D eigenvalue weighted by Gasteiger charge is 2.35. The van der Waals surface area contributed by atoms with Crippen molar-refractivity contribution >= 4 is 35.0 Å². The lowest BCUT2D eigenvalue weighted by molar-refractivity contribution is -0.130. The van der Waals surface area contributed by atoms with Gasteiger partial charge < -0.3 is 4.42 Å². The van der Waals surface area contributed by atoms with Crippen molar-refractivity contribution in [2.24, 2.45) is 5.10 Å². The maximum Gasteiger partial charge on any atom is 0.253 e. The summed E-state index contributed by atoms with van der Waals surface area (Å²) in [6.45, 7) is 4.05. The van der Waals surface area contributed by atoms with Crippen LogP contribution < -0.4 is 0 Å². The van der Waals surface area contributed by atoms with Crippen LogP contribution in [0.1, 0.15) is 34.9 Å². The third-order valence-corrected chi connectivity index (χ3v) is 6.72. The average molecular weight is 493 g/mol. The van der Waals surface area contributed by atoms with E-state index in [1.807, 2.05) is 62.4 Å². The van der Waals surface area contributed by atoms with Crippen molar-refractivity contribution in [2.45, 2.75) is 31.5 Å². The Morgan fingerprint density at radius 1 is 1.18 bits per heavy atom. The molecule has 2 aromatic carbocycles. The fraction of sp³-hybridized carbons (Fsp3) is 0.208. The van der Waals surface area contributed by atoms with Gasteiger partial charge in [-0.15, -0.1) is 5.10 Å². The summed E-state index contributed by atoms with van der Waals surface area (Å²) in [5.41, 5.74) is 4.81. The van der Waals surface area contributed by atoms with Gasteiger partial charge in [-0.2, -0.15) is 9.78 Å². The number of carbonyl (C=O) groups excluding carboxylic acids is 1. The number of aryl methyl sites for hydroxylation is 2. The zero-order valence-corrected chi connectivity index (χ0v) is 20.1. The van der Waals surface area contributed by atoms with E-state index < -0.39 is 0 Å². The van der Waals surface area contributed by atoms with Gasteiger partial charge in [0, 0.05) is 11.4 Å². The van der Waals surface area contributed by atoms with Crippen molar-refractivity contribution in [3.05, 3.63) is 88.3 Å². The Labute approximate surface area is 205 Å². The van der Waals surface area contributed by atoms with Crippen LogP contribution in [-0.4, -0.2) is 42.6 Å². The van der Waals surface area contributed by atoms with Gasteiger partial charge in [-0.3, -0.25) is 4.79 Å². The molecule has 0 fully saturated rings.